The molecule has 92 valence electrons. The van der Waals surface area contributed by atoms with E-state index in [4.69, 9.17) is 4.42 Å². The Hall–Kier alpha value is -1.90. The standard InChI is InChI=1S/C15H16N2O/c1-3-4-5-14-17-13-9-16-12-8-10(2)6-7-11(12)15(13)18-14/h6-9H,3-5H2,1-2H3. The van der Waals surface area contributed by atoms with E-state index in [1.54, 1.807) is 6.20 Å². The third-order valence-electron chi connectivity index (χ3n) is 3.17. The molecule has 3 aromatic rings. The highest BCUT2D eigenvalue weighted by atomic mass is 16.3. The van der Waals surface area contributed by atoms with Crippen molar-refractivity contribution in [3.63, 3.8) is 0 Å². The highest BCUT2D eigenvalue weighted by Crippen LogP contribution is 2.25. The molecule has 0 aliphatic carbocycles. The number of benzene rings is 1. The zero-order valence-electron chi connectivity index (χ0n) is 10.7. The molecule has 2 heterocycles. The quantitative estimate of drug-likeness (QED) is 0.693. The van der Waals surface area contributed by atoms with Crippen LogP contribution in [-0.4, -0.2) is 9.97 Å². The summed E-state index contributed by atoms with van der Waals surface area (Å²) in [5.74, 6) is 0.821. The fraction of sp³-hybridized carbons (Fsp3) is 0.333. The zero-order valence-corrected chi connectivity index (χ0v) is 10.7. The molecule has 0 atom stereocenters. The lowest BCUT2D eigenvalue weighted by atomic mass is 10.1. The molecule has 0 amide bonds. The summed E-state index contributed by atoms with van der Waals surface area (Å²) in [5.41, 5.74) is 3.91. The van der Waals surface area contributed by atoms with E-state index < -0.39 is 0 Å². The van der Waals surface area contributed by atoms with E-state index in [9.17, 15) is 0 Å². The molecule has 0 unspecified atom stereocenters. The van der Waals surface area contributed by atoms with Gasteiger partial charge in [0.15, 0.2) is 11.5 Å². The fourth-order valence-corrected chi connectivity index (χ4v) is 2.16. The molecule has 0 spiro atoms. The molecule has 2 aromatic heterocycles. The van der Waals surface area contributed by atoms with Crippen molar-refractivity contribution in [1.82, 2.24) is 9.97 Å². The molecule has 0 saturated carbocycles. The van der Waals surface area contributed by atoms with Crippen LogP contribution < -0.4 is 0 Å². The SMILES string of the molecule is CCCCc1nc2cnc3cc(C)ccc3c2o1. The second kappa shape index (κ2) is 4.41. The van der Waals surface area contributed by atoms with Crippen molar-refractivity contribution in [3.8, 4) is 0 Å². The summed E-state index contributed by atoms with van der Waals surface area (Å²) in [7, 11) is 0. The fourth-order valence-electron chi connectivity index (χ4n) is 2.16. The molecule has 0 saturated heterocycles. The number of pyridine rings is 1. The van der Waals surface area contributed by atoms with Crippen LogP contribution in [0.1, 0.15) is 31.2 Å². The summed E-state index contributed by atoms with van der Waals surface area (Å²) in [6.45, 7) is 4.24. The Morgan fingerprint density at radius 2 is 2.11 bits per heavy atom. The van der Waals surface area contributed by atoms with Gasteiger partial charge in [0.25, 0.3) is 0 Å². The van der Waals surface area contributed by atoms with E-state index in [0.717, 1.165) is 47.2 Å². The average Bonchev–Trinajstić information content (AvgIpc) is 2.79. The first kappa shape index (κ1) is 11.2. The van der Waals surface area contributed by atoms with E-state index in [-0.39, 0.29) is 0 Å². The Morgan fingerprint density at radius 1 is 1.22 bits per heavy atom. The molecule has 3 rings (SSSR count). The summed E-state index contributed by atoms with van der Waals surface area (Å²) in [4.78, 5) is 8.93. The number of oxazole rings is 1. The molecule has 1 aromatic carbocycles. The molecule has 0 aliphatic rings. The van der Waals surface area contributed by atoms with Crippen LogP contribution >= 0.6 is 0 Å². The number of aryl methyl sites for hydroxylation is 2. The van der Waals surface area contributed by atoms with Gasteiger partial charge >= 0.3 is 0 Å². The van der Waals surface area contributed by atoms with Gasteiger partial charge in [-0.3, -0.25) is 4.98 Å². The summed E-state index contributed by atoms with van der Waals surface area (Å²) >= 11 is 0. The summed E-state index contributed by atoms with van der Waals surface area (Å²) in [6.07, 6.45) is 4.96. The lowest BCUT2D eigenvalue weighted by Crippen LogP contribution is -1.83. The van der Waals surface area contributed by atoms with Crippen molar-refractivity contribution in [2.45, 2.75) is 33.1 Å². The van der Waals surface area contributed by atoms with Gasteiger partial charge in [-0.2, -0.15) is 0 Å². The molecule has 0 radical (unpaired) electrons. The predicted octanol–water partition coefficient (Wildman–Crippen LogP) is 4.03. The number of fused-ring (bicyclic) bond motifs is 3. The van der Waals surface area contributed by atoms with Crippen LogP contribution in [-0.2, 0) is 6.42 Å². The van der Waals surface area contributed by atoms with E-state index in [0.29, 0.717) is 0 Å². The van der Waals surface area contributed by atoms with Crippen molar-refractivity contribution in [2.75, 3.05) is 0 Å². The first-order chi connectivity index (χ1) is 8.78. The van der Waals surface area contributed by atoms with Crippen LogP contribution in [0.3, 0.4) is 0 Å². The molecule has 0 fully saturated rings. The van der Waals surface area contributed by atoms with Gasteiger partial charge in [0.2, 0.25) is 0 Å². The normalized spacial score (nSPS) is 11.4. The van der Waals surface area contributed by atoms with Gasteiger partial charge < -0.3 is 4.42 Å². The van der Waals surface area contributed by atoms with Gasteiger partial charge in [0.05, 0.1) is 11.7 Å². The first-order valence-electron chi connectivity index (χ1n) is 6.42. The minimum absolute atomic E-state index is 0.821. The molecular formula is C15H16N2O. The largest absolute Gasteiger partial charge is 0.440 e. The van der Waals surface area contributed by atoms with Crippen molar-refractivity contribution in [3.05, 3.63) is 35.9 Å². The smallest absolute Gasteiger partial charge is 0.195 e. The predicted molar refractivity (Wildman–Crippen MR) is 72.7 cm³/mol. The van der Waals surface area contributed by atoms with Crippen LogP contribution in [0, 0.1) is 6.92 Å². The second-order valence-corrected chi connectivity index (χ2v) is 4.70. The first-order valence-corrected chi connectivity index (χ1v) is 6.42. The highest BCUT2D eigenvalue weighted by Gasteiger charge is 2.09. The van der Waals surface area contributed by atoms with Crippen molar-refractivity contribution < 1.29 is 4.42 Å². The summed E-state index contributed by atoms with van der Waals surface area (Å²) in [6, 6.07) is 6.22. The van der Waals surface area contributed by atoms with E-state index in [1.807, 2.05) is 0 Å². The minimum atomic E-state index is 0.821. The van der Waals surface area contributed by atoms with E-state index >= 15 is 0 Å². The Kier molecular flexibility index (Phi) is 2.74. The molecule has 0 N–H and O–H groups in total. The third kappa shape index (κ3) is 1.86. The number of hydrogen-bond acceptors (Lipinski definition) is 3. The molecule has 3 heteroatoms. The lowest BCUT2D eigenvalue weighted by Gasteiger charge is -1.98. The topological polar surface area (TPSA) is 38.9 Å². The van der Waals surface area contributed by atoms with Crippen LogP contribution in [0.5, 0.6) is 0 Å². The Morgan fingerprint density at radius 3 is 2.94 bits per heavy atom. The van der Waals surface area contributed by atoms with Crippen LogP contribution in [0.15, 0.2) is 28.8 Å². The maximum Gasteiger partial charge on any atom is 0.195 e. The minimum Gasteiger partial charge on any atom is -0.440 e. The summed E-state index contributed by atoms with van der Waals surface area (Å²) in [5, 5.41) is 1.05. The average molecular weight is 240 g/mol. The Balaban J connectivity index is 2.17. The Bertz CT molecular complexity index is 700. The van der Waals surface area contributed by atoms with Gasteiger partial charge in [0, 0.05) is 11.8 Å². The lowest BCUT2D eigenvalue weighted by molar-refractivity contribution is 0.519. The van der Waals surface area contributed by atoms with Crippen molar-refractivity contribution in [1.29, 1.82) is 0 Å². The van der Waals surface area contributed by atoms with Crippen molar-refractivity contribution in [2.24, 2.45) is 0 Å². The maximum atomic E-state index is 5.87. The number of aromatic nitrogens is 2. The number of nitrogens with zero attached hydrogens (tertiary/aromatic N) is 2. The van der Waals surface area contributed by atoms with Crippen LogP contribution in [0.4, 0.5) is 0 Å². The number of rotatable bonds is 3. The van der Waals surface area contributed by atoms with Gasteiger partial charge in [0.1, 0.15) is 5.52 Å². The van der Waals surface area contributed by atoms with Crippen molar-refractivity contribution >= 4 is 22.0 Å². The van der Waals surface area contributed by atoms with Crippen LogP contribution in [0.25, 0.3) is 22.0 Å². The number of hydrogen-bond donors (Lipinski definition) is 0. The van der Waals surface area contributed by atoms with Gasteiger partial charge in [-0.15, -0.1) is 0 Å². The van der Waals surface area contributed by atoms with Gasteiger partial charge in [-0.1, -0.05) is 19.4 Å². The van der Waals surface area contributed by atoms with Gasteiger partial charge in [-0.25, -0.2) is 4.98 Å². The molecule has 18 heavy (non-hydrogen) atoms. The van der Waals surface area contributed by atoms with E-state index in [2.05, 4.69) is 42.0 Å². The molecule has 0 bridgehead atoms. The third-order valence-corrected chi connectivity index (χ3v) is 3.17. The monoisotopic (exact) mass is 240 g/mol. The molecule has 0 aliphatic heterocycles. The van der Waals surface area contributed by atoms with Crippen LogP contribution in [0.2, 0.25) is 0 Å². The van der Waals surface area contributed by atoms with E-state index in [1.165, 1.54) is 5.56 Å². The number of unbranched alkanes of at least 4 members (excludes halogenated alkanes) is 1. The highest BCUT2D eigenvalue weighted by molar-refractivity contribution is 6.00. The van der Waals surface area contributed by atoms with Gasteiger partial charge in [-0.05, 0) is 31.0 Å². The zero-order chi connectivity index (χ0) is 12.5. The Labute approximate surface area is 106 Å². The summed E-state index contributed by atoms with van der Waals surface area (Å²) < 4.78 is 5.87. The molecular weight excluding hydrogens is 224 g/mol. The maximum absolute atomic E-state index is 5.87. The second-order valence-electron chi connectivity index (χ2n) is 4.70. The molecule has 3 nitrogen and oxygen atoms in total.